The summed E-state index contributed by atoms with van der Waals surface area (Å²) in [5.41, 5.74) is 9.00. The van der Waals surface area contributed by atoms with E-state index in [1.165, 1.54) is 11.1 Å². The van der Waals surface area contributed by atoms with E-state index in [0.29, 0.717) is 26.1 Å². The molecule has 0 saturated carbocycles. The molecule has 29 heavy (non-hydrogen) atoms. The van der Waals surface area contributed by atoms with Crippen LogP contribution in [-0.4, -0.2) is 60.2 Å². The third kappa shape index (κ3) is 6.56. The minimum absolute atomic E-state index is 0.250. The molecule has 156 valence electrons. The quantitative estimate of drug-likeness (QED) is 0.639. The topological polar surface area (TPSA) is 79.0 Å². The van der Waals surface area contributed by atoms with E-state index in [2.05, 4.69) is 29.2 Å². The Labute approximate surface area is 172 Å². The van der Waals surface area contributed by atoms with E-state index in [-0.39, 0.29) is 12.5 Å². The Balaban J connectivity index is 1.49. The Bertz CT molecular complexity index is 811. The van der Waals surface area contributed by atoms with Gasteiger partial charge in [0, 0.05) is 44.7 Å². The Kier molecular flexibility index (Phi) is 7.63. The molecule has 0 saturated heterocycles. The summed E-state index contributed by atoms with van der Waals surface area (Å²) >= 11 is 0. The molecular weight excluding hydrogens is 366 g/mol. The van der Waals surface area contributed by atoms with Gasteiger partial charge in [0.15, 0.2) is 0 Å². The highest BCUT2D eigenvalue weighted by molar-refractivity contribution is 5.73. The zero-order valence-corrected chi connectivity index (χ0v) is 17.1. The van der Waals surface area contributed by atoms with Crippen molar-refractivity contribution >= 4 is 5.91 Å². The fourth-order valence-electron chi connectivity index (χ4n) is 3.69. The average Bonchev–Trinajstić information content (AvgIpc) is 2.71. The molecule has 0 unspecified atom stereocenters. The molecule has 2 aromatic rings. The lowest BCUT2D eigenvalue weighted by Crippen LogP contribution is -2.38. The van der Waals surface area contributed by atoms with Gasteiger partial charge in [0.05, 0.1) is 0 Å². The van der Waals surface area contributed by atoms with E-state index in [0.717, 1.165) is 30.8 Å². The third-order valence-electron chi connectivity index (χ3n) is 5.26. The number of hydrogen-bond acceptors (Lipinski definition) is 5. The minimum Gasteiger partial charge on any atom is -0.491 e. The van der Waals surface area contributed by atoms with E-state index in [1.807, 2.05) is 36.2 Å². The summed E-state index contributed by atoms with van der Waals surface area (Å²) in [5.74, 6) is 0.464. The van der Waals surface area contributed by atoms with Crippen LogP contribution in [0.25, 0.3) is 0 Å². The maximum Gasteiger partial charge on any atom is 0.218 e. The monoisotopic (exact) mass is 397 g/mol. The smallest absolute Gasteiger partial charge is 0.218 e. The van der Waals surface area contributed by atoms with Crippen molar-refractivity contribution in [2.75, 3.05) is 33.3 Å². The summed E-state index contributed by atoms with van der Waals surface area (Å²) in [6.07, 6.45) is 0.794. The van der Waals surface area contributed by atoms with Crippen LogP contribution in [0.2, 0.25) is 0 Å². The maximum absolute atomic E-state index is 11.0. The summed E-state index contributed by atoms with van der Waals surface area (Å²) in [7, 11) is 1.95. The maximum atomic E-state index is 11.0. The molecule has 1 aliphatic heterocycles. The number of benzene rings is 2. The highest BCUT2D eigenvalue weighted by Crippen LogP contribution is 2.21. The first-order valence-electron chi connectivity index (χ1n) is 10.2. The van der Waals surface area contributed by atoms with Gasteiger partial charge in [-0.25, -0.2) is 0 Å². The van der Waals surface area contributed by atoms with Gasteiger partial charge in [-0.2, -0.15) is 0 Å². The molecule has 3 rings (SSSR count). The van der Waals surface area contributed by atoms with Crippen LogP contribution in [-0.2, 0) is 24.3 Å². The summed E-state index contributed by atoms with van der Waals surface area (Å²) in [5, 5.41) is 10.5. The van der Waals surface area contributed by atoms with E-state index in [1.54, 1.807) is 0 Å². The number of aliphatic hydroxyl groups excluding tert-OH is 1. The Hall–Kier alpha value is -2.41. The number of para-hydroxylation sites is 1. The van der Waals surface area contributed by atoms with Crippen LogP contribution in [0.15, 0.2) is 48.5 Å². The highest BCUT2D eigenvalue weighted by Gasteiger charge is 2.19. The number of aliphatic hydroxyl groups is 1. The lowest BCUT2D eigenvalue weighted by Gasteiger charge is -2.30. The van der Waals surface area contributed by atoms with Gasteiger partial charge in [-0.1, -0.05) is 42.5 Å². The van der Waals surface area contributed by atoms with Gasteiger partial charge in [0.1, 0.15) is 18.5 Å². The average molecular weight is 398 g/mol. The Morgan fingerprint density at radius 3 is 2.72 bits per heavy atom. The highest BCUT2D eigenvalue weighted by atomic mass is 16.5. The van der Waals surface area contributed by atoms with Crippen molar-refractivity contribution in [1.29, 1.82) is 0 Å². The van der Waals surface area contributed by atoms with Crippen molar-refractivity contribution in [2.24, 2.45) is 5.73 Å². The second-order valence-electron chi connectivity index (χ2n) is 7.78. The van der Waals surface area contributed by atoms with Crippen molar-refractivity contribution in [1.82, 2.24) is 9.80 Å². The summed E-state index contributed by atoms with van der Waals surface area (Å²) in [6, 6.07) is 16.3. The number of nitrogens with two attached hydrogens (primary N) is 1. The van der Waals surface area contributed by atoms with Gasteiger partial charge in [0.2, 0.25) is 5.91 Å². The molecule has 0 aromatic heterocycles. The molecule has 1 heterocycles. The lowest BCUT2D eigenvalue weighted by atomic mass is 10.00. The van der Waals surface area contributed by atoms with Crippen molar-refractivity contribution in [3.8, 4) is 5.75 Å². The van der Waals surface area contributed by atoms with Gasteiger partial charge in [0.25, 0.3) is 0 Å². The molecule has 6 nitrogen and oxygen atoms in total. The normalized spacial score (nSPS) is 15.1. The molecular formula is C23H31N3O3. The van der Waals surface area contributed by atoms with Crippen molar-refractivity contribution in [3.05, 3.63) is 65.2 Å². The lowest BCUT2D eigenvalue weighted by molar-refractivity contribution is -0.118. The minimum atomic E-state index is -0.555. The molecule has 0 bridgehead atoms. The molecule has 1 aliphatic rings. The van der Waals surface area contributed by atoms with Crippen molar-refractivity contribution in [2.45, 2.75) is 32.0 Å². The van der Waals surface area contributed by atoms with Crippen LogP contribution < -0.4 is 10.5 Å². The van der Waals surface area contributed by atoms with Gasteiger partial charge in [-0.15, -0.1) is 0 Å². The second-order valence-corrected chi connectivity index (χ2v) is 7.78. The van der Waals surface area contributed by atoms with E-state index < -0.39 is 6.10 Å². The first-order valence-corrected chi connectivity index (χ1v) is 10.2. The molecule has 0 radical (unpaired) electrons. The molecule has 0 spiro atoms. The number of carbonyl (C=O) groups excluding carboxylic acids is 1. The van der Waals surface area contributed by atoms with Crippen molar-refractivity contribution in [3.63, 3.8) is 0 Å². The van der Waals surface area contributed by atoms with Gasteiger partial charge in [-0.3, -0.25) is 9.69 Å². The van der Waals surface area contributed by atoms with Gasteiger partial charge < -0.3 is 20.5 Å². The second kappa shape index (κ2) is 10.4. The Morgan fingerprint density at radius 2 is 1.93 bits per heavy atom. The fourth-order valence-corrected chi connectivity index (χ4v) is 3.69. The van der Waals surface area contributed by atoms with Crippen LogP contribution in [0.4, 0.5) is 0 Å². The SMILES string of the molecule is CN(CCC(N)=O)Cc1ccccc1OC[C@H](O)CN1CCc2ccccc2C1. The zero-order chi connectivity index (χ0) is 20.6. The van der Waals surface area contributed by atoms with E-state index in [9.17, 15) is 9.90 Å². The van der Waals surface area contributed by atoms with Crippen LogP contribution in [0.1, 0.15) is 23.1 Å². The molecule has 2 aromatic carbocycles. The molecule has 0 aliphatic carbocycles. The largest absolute Gasteiger partial charge is 0.491 e. The summed E-state index contributed by atoms with van der Waals surface area (Å²) in [6.45, 7) is 3.92. The molecule has 1 amide bonds. The first kappa shape index (κ1) is 21.3. The molecule has 3 N–H and O–H groups in total. The van der Waals surface area contributed by atoms with Crippen LogP contribution >= 0.6 is 0 Å². The number of amides is 1. The van der Waals surface area contributed by atoms with Gasteiger partial charge in [-0.05, 0) is 30.7 Å². The fraction of sp³-hybridized carbons (Fsp3) is 0.435. The Morgan fingerprint density at radius 1 is 1.21 bits per heavy atom. The zero-order valence-electron chi connectivity index (χ0n) is 17.1. The number of β-amino-alcohol motifs (C(OH)–C–C–N with tert-alkyl or cyclic N) is 1. The predicted molar refractivity (Wildman–Crippen MR) is 114 cm³/mol. The van der Waals surface area contributed by atoms with Gasteiger partial charge >= 0.3 is 0 Å². The predicted octanol–water partition coefficient (Wildman–Crippen LogP) is 1.79. The molecule has 6 heteroatoms. The summed E-state index contributed by atoms with van der Waals surface area (Å²) in [4.78, 5) is 15.3. The van der Waals surface area contributed by atoms with E-state index >= 15 is 0 Å². The van der Waals surface area contributed by atoms with Crippen LogP contribution in [0, 0.1) is 0 Å². The van der Waals surface area contributed by atoms with Crippen LogP contribution in [0.5, 0.6) is 5.75 Å². The van der Waals surface area contributed by atoms with E-state index in [4.69, 9.17) is 10.5 Å². The first-order chi connectivity index (χ1) is 14.0. The number of primary amides is 1. The van der Waals surface area contributed by atoms with Crippen LogP contribution in [0.3, 0.4) is 0 Å². The number of carbonyl (C=O) groups is 1. The number of hydrogen-bond donors (Lipinski definition) is 2. The number of rotatable bonds is 10. The number of nitrogens with zero attached hydrogens (tertiary/aromatic N) is 2. The summed E-state index contributed by atoms with van der Waals surface area (Å²) < 4.78 is 5.94. The standard InChI is InChI=1S/C23H31N3O3/c1-25(12-11-23(24)28)14-20-8-4-5-9-22(20)29-17-21(27)16-26-13-10-18-6-2-3-7-19(18)15-26/h2-9,21,27H,10-17H2,1H3,(H2,24,28)/t21-/m1/s1. The third-order valence-corrected chi connectivity index (χ3v) is 5.26. The number of fused-ring (bicyclic) bond motifs is 1. The molecule has 0 fully saturated rings. The molecule has 1 atom stereocenters. The van der Waals surface area contributed by atoms with Crippen molar-refractivity contribution < 1.29 is 14.6 Å². The number of ether oxygens (including phenoxy) is 1.